The lowest BCUT2D eigenvalue weighted by molar-refractivity contribution is -0.115. The minimum atomic E-state index is -0.0443. The van der Waals surface area contributed by atoms with Crippen molar-refractivity contribution in [1.82, 2.24) is 9.97 Å². The fourth-order valence-electron chi connectivity index (χ4n) is 2.49. The molecule has 1 aromatic carbocycles. The number of hydrogen-bond acceptors (Lipinski definition) is 7. The Morgan fingerprint density at radius 1 is 1.18 bits per heavy atom. The van der Waals surface area contributed by atoms with Gasteiger partial charge < -0.3 is 21.7 Å². The number of benzene rings is 1. The van der Waals surface area contributed by atoms with Gasteiger partial charge in [-0.3, -0.25) is 4.79 Å². The smallest absolute Gasteiger partial charge is 0.229 e. The van der Waals surface area contributed by atoms with Crippen LogP contribution in [0.5, 0.6) is 0 Å². The number of rotatable bonds is 8. The maximum Gasteiger partial charge on any atom is 0.229 e. The van der Waals surface area contributed by atoms with E-state index >= 15 is 0 Å². The van der Waals surface area contributed by atoms with Crippen molar-refractivity contribution in [3.63, 3.8) is 0 Å². The molecule has 3 rings (SSSR count). The molecule has 1 amide bonds. The van der Waals surface area contributed by atoms with Crippen molar-refractivity contribution in [1.29, 1.82) is 0 Å². The first-order valence-corrected chi connectivity index (χ1v) is 10.4. The van der Waals surface area contributed by atoms with Crippen LogP contribution in [-0.2, 0) is 11.2 Å². The summed E-state index contributed by atoms with van der Waals surface area (Å²) in [4.78, 5) is 21.9. The van der Waals surface area contributed by atoms with E-state index in [2.05, 4.69) is 41.8 Å². The average Bonchev–Trinajstić information content (AvgIpc) is 3.05. The Labute approximate surface area is 175 Å². The van der Waals surface area contributed by atoms with Crippen LogP contribution >= 0.6 is 27.3 Å². The second-order valence-corrected chi connectivity index (χ2v) is 8.00. The number of nitrogens with two attached hydrogens (primary N) is 1. The zero-order valence-corrected chi connectivity index (χ0v) is 17.7. The minimum absolute atomic E-state index is 0.0443. The van der Waals surface area contributed by atoms with Crippen molar-refractivity contribution in [3.05, 3.63) is 56.8 Å². The minimum Gasteiger partial charge on any atom is -0.353 e. The molecule has 2 aromatic heterocycles. The number of nitrogens with one attached hydrogen (secondary N) is 3. The van der Waals surface area contributed by atoms with Crippen LogP contribution in [-0.4, -0.2) is 29.0 Å². The number of nitrogens with zero attached hydrogens (tertiary/aromatic N) is 2. The summed E-state index contributed by atoms with van der Waals surface area (Å²) in [6, 6.07) is 11.3. The second-order valence-electron chi connectivity index (χ2n) is 6.09. The van der Waals surface area contributed by atoms with Gasteiger partial charge in [0.1, 0.15) is 5.82 Å². The molecule has 0 aliphatic rings. The van der Waals surface area contributed by atoms with Crippen LogP contribution in [0, 0.1) is 6.92 Å². The molecule has 0 saturated carbocycles. The number of aryl methyl sites for hydroxylation is 1. The Kier molecular flexibility index (Phi) is 6.96. The average molecular weight is 461 g/mol. The number of anilines is 4. The number of thiophene rings is 1. The van der Waals surface area contributed by atoms with E-state index in [0.29, 0.717) is 31.3 Å². The molecule has 2 heterocycles. The van der Waals surface area contributed by atoms with Crippen LogP contribution in [0.4, 0.5) is 23.1 Å². The van der Waals surface area contributed by atoms with Crippen molar-refractivity contribution < 1.29 is 4.79 Å². The van der Waals surface area contributed by atoms with Crippen LogP contribution in [0.25, 0.3) is 0 Å². The van der Waals surface area contributed by atoms with Crippen LogP contribution < -0.4 is 21.7 Å². The van der Waals surface area contributed by atoms with E-state index in [0.717, 1.165) is 26.4 Å². The van der Waals surface area contributed by atoms with Crippen molar-refractivity contribution in [2.45, 2.75) is 13.3 Å². The maximum absolute atomic E-state index is 12.2. The summed E-state index contributed by atoms with van der Waals surface area (Å²) in [7, 11) is 0. The van der Waals surface area contributed by atoms with Gasteiger partial charge in [0.05, 0.1) is 6.42 Å². The molecular formula is C19H21BrN6OS. The predicted molar refractivity (Wildman–Crippen MR) is 118 cm³/mol. The molecule has 0 bridgehead atoms. The van der Waals surface area contributed by atoms with Gasteiger partial charge in [0, 0.05) is 51.0 Å². The molecule has 28 heavy (non-hydrogen) atoms. The summed E-state index contributed by atoms with van der Waals surface area (Å²) < 4.78 is 0.997. The number of carbonyl (C=O) groups is 1. The fourth-order valence-corrected chi connectivity index (χ4v) is 3.94. The Hall–Kier alpha value is -2.49. The fraction of sp³-hybridized carbons (Fsp3) is 0.211. The molecule has 0 atom stereocenters. The molecule has 0 unspecified atom stereocenters. The van der Waals surface area contributed by atoms with Crippen LogP contribution in [0.3, 0.4) is 0 Å². The third kappa shape index (κ3) is 6.01. The van der Waals surface area contributed by atoms with E-state index in [1.165, 1.54) is 0 Å². The molecule has 0 aliphatic carbocycles. The van der Waals surface area contributed by atoms with Gasteiger partial charge in [-0.25, -0.2) is 4.98 Å². The highest BCUT2D eigenvalue weighted by atomic mass is 79.9. The number of aromatic nitrogens is 2. The van der Waals surface area contributed by atoms with E-state index in [1.54, 1.807) is 11.3 Å². The quantitative estimate of drug-likeness (QED) is 0.406. The third-order valence-corrected chi connectivity index (χ3v) is 5.38. The van der Waals surface area contributed by atoms with Crippen molar-refractivity contribution >= 4 is 56.3 Å². The van der Waals surface area contributed by atoms with E-state index in [-0.39, 0.29) is 5.91 Å². The molecule has 0 aliphatic heterocycles. The number of carbonyl (C=O) groups excluding carboxylic acids is 1. The van der Waals surface area contributed by atoms with Crippen LogP contribution in [0.1, 0.15) is 10.6 Å². The lowest BCUT2D eigenvalue weighted by Crippen LogP contribution is -2.15. The van der Waals surface area contributed by atoms with Crippen LogP contribution in [0.15, 0.2) is 46.3 Å². The normalized spacial score (nSPS) is 10.5. The first-order chi connectivity index (χ1) is 13.5. The molecule has 0 radical (unpaired) electrons. The summed E-state index contributed by atoms with van der Waals surface area (Å²) in [5.74, 6) is 1.18. The van der Waals surface area contributed by atoms with Gasteiger partial charge in [-0.05, 0) is 53.2 Å². The van der Waals surface area contributed by atoms with E-state index in [9.17, 15) is 4.79 Å². The largest absolute Gasteiger partial charge is 0.353 e. The summed E-state index contributed by atoms with van der Waals surface area (Å²) in [5, 5.41) is 11.2. The summed E-state index contributed by atoms with van der Waals surface area (Å²) in [6.07, 6.45) is 0.356. The lowest BCUT2D eigenvalue weighted by Gasteiger charge is -2.10. The zero-order chi connectivity index (χ0) is 19.9. The number of halogens is 1. The molecule has 9 heteroatoms. The van der Waals surface area contributed by atoms with Gasteiger partial charge in [-0.2, -0.15) is 4.98 Å². The van der Waals surface area contributed by atoms with Gasteiger partial charge in [-0.1, -0.05) is 0 Å². The van der Waals surface area contributed by atoms with E-state index in [4.69, 9.17) is 5.73 Å². The Bertz CT molecular complexity index is 944. The predicted octanol–water partition coefficient (Wildman–Crippen LogP) is 3.90. The molecule has 0 fully saturated rings. The molecule has 3 aromatic rings. The van der Waals surface area contributed by atoms with Gasteiger partial charge in [-0.15, -0.1) is 11.3 Å². The summed E-state index contributed by atoms with van der Waals surface area (Å²) in [5.41, 5.74) is 7.96. The van der Waals surface area contributed by atoms with Gasteiger partial charge in [0.15, 0.2) is 0 Å². The highest BCUT2D eigenvalue weighted by Crippen LogP contribution is 2.22. The maximum atomic E-state index is 12.2. The summed E-state index contributed by atoms with van der Waals surface area (Å²) >= 11 is 4.96. The SMILES string of the molecule is Cc1cc(Nc2ccc(NC(=O)Cc3cc(Br)cs3)cc2)nc(NCCN)n1. The summed E-state index contributed by atoms with van der Waals surface area (Å²) in [6.45, 7) is 3.03. The van der Waals surface area contributed by atoms with Gasteiger partial charge in [0.2, 0.25) is 11.9 Å². The molecule has 0 saturated heterocycles. The highest BCUT2D eigenvalue weighted by Gasteiger charge is 2.07. The van der Waals surface area contributed by atoms with E-state index in [1.807, 2.05) is 48.7 Å². The van der Waals surface area contributed by atoms with Gasteiger partial charge in [0.25, 0.3) is 0 Å². The molecular weight excluding hydrogens is 440 g/mol. The molecule has 5 N–H and O–H groups in total. The lowest BCUT2D eigenvalue weighted by atomic mass is 10.2. The Morgan fingerprint density at radius 2 is 1.93 bits per heavy atom. The van der Waals surface area contributed by atoms with Crippen molar-refractivity contribution in [3.8, 4) is 0 Å². The highest BCUT2D eigenvalue weighted by molar-refractivity contribution is 9.10. The van der Waals surface area contributed by atoms with Gasteiger partial charge >= 0.3 is 0 Å². The second kappa shape index (κ2) is 9.63. The molecule has 7 nitrogen and oxygen atoms in total. The standard InChI is InChI=1S/C19H21BrN6OS/c1-12-8-17(26-19(23-12)22-7-6-21)24-14-2-4-15(5-3-14)25-18(27)10-16-9-13(20)11-28-16/h2-5,8-9,11H,6-7,10,21H2,1H3,(H,25,27)(H2,22,23,24,26). The number of amides is 1. The van der Waals surface area contributed by atoms with Crippen molar-refractivity contribution in [2.75, 3.05) is 29.0 Å². The Balaban J connectivity index is 1.59. The Morgan fingerprint density at radius 3 is 2.61 bits per heavy atom. The van der Waals surface area contributed by atoms with E-state index < -0.39 is 0 Å². The first-order valence-electron chi connectivity index (χ1n) is 8.71. The molecule has 146 valence electrons. The monoisotopic (exact) mass is 460 g/mol. The first kappa shape index (κ1) is 20.2. The number of hydrogen-bond donors (Lipinski definition) is 4. The third-order valence-electron chi connectivity index (χ3n) is 3.68. The van der Waals surface area contributed by atoms with Crippen LogP contribution in [0.2, 0.25) is 0 Å². The van der Waals surface area contributed by atoms with Crippen molar-refractivity contribution in [2.24, 2.45) is 5.73 Å². The zero-order valence-electron chi connectivity index (χ0n) is 15.3. The molecule has 0 spiro atoms. The topological polar surface area (TPSA) is 105 Å².